The Kier molecular flexibility index (Phi) is 8.12. The second-order valence-electron chi connectivity index (χ2n) is 15.2. The summed E-state index contributed by atoms with van der Waals surface area (Å²) in [6.07, 6.45) is 8.46. The van der Waals surface area contributed by atoms with Crippen LogP contribution in [-0.4, -0.2) is 34.3 Å². The van der Waals surface area contributed by atoms with Crippen LogP contribution in [0.4, 0.5) is 0 Å². The number of allylic oxidation sites excluding steroid dienone is 4. The van der Waals surface area contributed by atoms with Crippen molar-refractivity contribution in [1.82, 2.24) is 34.3 Å². The largest absolute Gasteiger partial charge is 0.416 e. The molecule has 7 aromatic carbocycles. The average Bonchev–Trinajstić information content (AvgIpc) is 4.06. The molecule has 0 radical (unpaired) electrons. The van der Waals surface area contributed by atoms with Gasteiger partial charge in [-0.1, -0.05) is 127 Å². The molecule has 4 aromatic heterocycles. The van der Waals surface area contributed by atoms with Gasteiger partial charge in [-0.25, -0.2) is 15.0 Å². The fraction of sp³-hybridized carbons (Fsp3) is 0.0377. The SMILES string of the molecule is C1=CC(c2nc(-c3ccccc3)nc(-c3cccc(-n4c5ccccc5c5cccc(-c6nnc(-c7ccc8c(c7)c7ccccc7n8-c7ccccc7)o6)c54)c3)n2)=CCC1. The van der Waals surface area contributed by atoms with Crippen molar-refractivity contribution in [2.75, 3.05) is 0 Å². The summed E-state index contributed by atoms with van der Waals surface area (Å²) in [6, 6.07) is 58.6. The molecule has 8 nitrogen and oxygen atoms in total. The maximum Gasteiger partial charge on any atom is 0.250 e. The molecule has 0 saturated carbocycles. The highest BCUT2D eigenvalue weighted by molar-refractivity contribution is 6.13. The van der Waals surface area contributed by atoms with Gasteiger partial charge in [0.1, 0.15) is 0 Å². The third kappa shape index (κ3) is 5.87. The van der Waals surface area contributed by atoms with Gasteiger partial charge in [-0.2, -0.15) is 0 Å². The number of nitrogens with zero attached hydrogens (tertiary/aromatic N) is 7. The molecule has 8 heteroatoms. The zero-order valence-electron chi connectivity index (χ0n) is 32.9. The molecular formula is C53H35N7O. The number of hydrogen-bond acceptors (Lipinski definition) is 6. The minimum absolute atomic E-state index is 0.441. The number of benzene rings is 7. The lowest BCUT2D eigenvalue weighted by molar-refractivity contribution is 0.585. The molecule has 0 bridgehead atoms. The number of fused-ring (bicyclic) bond motifs is 6. The molecule has 288 valence electrons. The maximum atomic E-state index is 6.64. The lowest BCUT2D eigenvalue weighted by atomic mass is 10.1. The first-order valence-corrected chi connectivity index (χ1v) is 20.5. The van der Waals surface area contributed by atoms with E-state index in [1.165, 1.54) is 0 Å². The molecule has 0 spiro atoms. The molecule has 0 fully saturated rings. The quantitative estimate of drug-likeness (QED) is 0.160. The van der Waals surface area contributed by atoms with Gasteiger partial charge in [0.15, 0.2) is 17.5 Å². The Morgan fingerprint density at radius 1 is 0.426 bits per heavy atom. The first-order chi connectivity index (χ1) is 30.2. The van der Waals surface area contributed by atoms with Crippen LogP contribution >= 0.6 is 0 Å². The van der Waals surface area contributed by atoms with Crippen LogP contribution in [0, 0.1) is 0 Å². The third-order valence-electron chi connectivity index (χ3n) is 11.6. The third-order valence-corrected chi connectivity index (χ3v) is 11.6. The van der Waals surface area contributed by atoms with Crippen molar-refractivity contribution < 1.29 is 4.42 Å². The summed E-state index contributed by atoms with van der Waals surface area (Å²) in [5, 5.41) is 13.8. The number of hydrogen-bond donors (Lipinski definition) is 0. The molecule has 1 aliphatic carbocycles. The molecule has 0 amide bonds. The van der Waals surface area contributed by atoms with Crippen LogP contribution in [0.25, 0.3) is 106 Å². The molecule has 11 aromatic rings. The first-order valence-electron chi connectivity index (χ1n) is 20.5. The van der Waals surface area contributed by atoms with Crippen molar-refractivity contribution in [2.45, 2.75) is 12.8 Å². The Morgan fingerprint density at radius 3 is 1.85 bits per heavy atom. The maximum absolute atomic E-state index is 6.64. The standard InChI is InChI=1S/C53H35N7O/c1-4-16-34(17-5-1)49-54-50(35-18-6-2-7-19-35)56-51(55-49)36-20-14-23-39(32-36)60-46-29-13-10-24-40(46)42-26-15-27-43(48(42)60)53-58-57-52(61-53)37-30-31-47-44(33-37)41-25-11-12-28-45(41)59(47)38-21-8-3-9-22-38/h1,3-6,8-33H,2,7H2. The molecule has 0 aliphatic heterocycles. The summed E-state index contributed by atoms with van der Waals surface area (Å²) < 4.78 is 11.2. The Hall–Kier alpha value is -8.23. The topological polar surface area (TPSA) is 87.5 Å². The Bertz CT molecular complexity index is 3540. The predicted molar refractivity (Wildman–Crippen MR) is 244 cm³/mol. The van der Waals surface area contributed by atoms with Gasteiger partial charge in [-0.3, -0.25) is 0 Å². The Labute approximate surface area is 350 Å². The van der Waals surface area contributed by atoms with E-state index in [-0.39, 0.29) is 0 Å². The smallest absolute Gasteiger partial charge is 0.250 e. The highest BCUT2D eigenvalue weighted by Crippen LogP contribution is 2.40. The van der Waals surface area contributed by atoms with Gasteiger partial charge in [0.05, 0.1) is 27.6 Å². The molecule has 0 unspecified atom stereocenters. The summed E-state index contributed by atoms with van der Waals surface area (Å²) in [4.78, 5) is 15.1. The number of para-hydroxylation sites is 4. The van der Waals surface area contributed by atoms with E-state index in [1.54, 1.807) is 0 Å². The van der Waals surface area contributed by atoms with Crippen molar-refractivity contribution in [3.63, 3.8) is 0 Å². The zero-order chi connectivity index (χ0) is 40.3. The Morgan fingerprint density at radius 2 is 1.05 bits per heavy atom. The van der Waals surface area contributed by atoms with Gasteiger partial charge in [0.2, 0.25) is 11.8 Å². The molecule has 61 heavy (non-hydrogen) atoms. The van der Waals surface area contributed by atoms with Crippen molar-refractivity contribution >= 4 is 49.2 Å². The molecule has 0 saturated heterocycles. The second-order valence-corrected chi connectivity index (χ2v) is 15.2. The lowest BCUT2D eigenvalue weighted by Crippen LogP contribution is -2.03. The number of aromatic nitrogens is 7. The average molecular weight is 786 g/mol. The molecule has 12 rings (SSSR count). The van der Waals surface area contributed by atoms with E-state index < -0.39 is 0 Å². The van der Waals surface area contributed by atoms with Crippen molar-refractivity contribution in [3.8, 4) is 57.1 Å². The monoisotopic (exact) mass is 785 g/mol. The van der Waals surface area contributed by atoms with Crippen LogP contribution in [-0.2, 0) is 0 Å². The summed E-state index contributed by atoms with van der Waals surface area (Å²) in [5.74, 6) is 2.81. The predicted octanol–water partition coefficient (Wildman–Crippen LogP) is 12.9. The van der Waals surface area contributed by atoms with Crippen LogP contribution in [0.1, 0.15) is 18.7 Å². The molecule has 1 aliphatic rings. The van der Waals surface area contributed by atoms with Crippen molar-refractivity contribution in [2.24, 2.45) is 0 Å². The van der Waals surface area contributed by atoms with E-state index in [0.29, 0.717) is 29.3 Å². The van der Waals surface area contributed by atoms with Gasteiger partial charge in [0.25, 0.3) is 0 Å². The zero-order valence-corrected chi connectivity index (χ0v) is 32.9. The van der Waals surface area contributed by atoms with Gasteiger partial charge >= 0.3 is 0 Å². The second kappa shape index (κ2) is 14.2. The highest BCUT2D eigenvalue weighted by Gasteiger charge is 2.22. The molecule has 4 heterocycles. The normalized spacial score (nSPS) is 12.8. The minimum Gasteiger partial charge on any atom is -0.416 e. The lowest BCUT2D eigenvalue weighted by Gasteiger charge is -2.13. The van der Waals surface area contributed by atoms with E-state index in [9.17, 15) is 0 Å². The van der Waals surface area contributed by atoms with Crippen molar-refractivity contribution in [3.05, 3.63) is 194 Å². The van der Waals surface area contributed by atoms with Crippen LogP contribution in [0.15, 0.2) is 193 Å². The first kappa shape index (κ1) is 34.8. The number of rotatable bonds is 7. The van der Waals surface area contributed by atoms with E-state index in [0.717, 1.165) is 95.7 Å². The van der Waals surface area contributed by atoms with Crippen LogP contribution in [0.5, 0.6) is 0 Å². The van der Waals surface area contributed by atoms with Crippen LogP contribution < -0.4 is 0 Å². The van der Waals surface area contributed by atoms with Crippen LogP contribution in [0.3, 0.4) is 0 Å². The summed E-state index contributed by atoms with van der Waals surface area (Å²) in [7, 11) is 0. The molecule has 0 atom stereocenters. The molecule has 0 N–H and O–H groups in total. The van der Waals surface area contributed by atoms with E-state index in [4.69, 9.17) is 24.5 Å². The van der Waals surface area contributed by atoms with E-state index >= 15 is 0 Å². The minimum atomic E-state index is 0.441. The van der Waals surface area contributed by atoms with Crippen molar-refractivity contribution in [1.29, 1.82) is 0 Å². The summed E-state index contributed by atoms with van der Waals surface area (Å²) >= 11 is 0. The molecular weight excluding hydrogens is 751 g/mol. The Balaban J connectivity index is 0.994. The van der Waals surface area contributed by atoms with E-state index in [1.807, 2.05) is 36.4 Å². The highest BCUT2D eigenvalue weighted by atomic mass is 16.4. The van der Waals surface area contributed by atoms with Gasteiger partial charge in [0, 0.05) is 55.2 Å². The van der Waals surface area contributed by atoms with Gasteiger partial charge < -0.3 is 13.6 Å². The van der Waals surface area contributed by atoms with Crippen LogP contribution in [0.2, 0.25) is 0 Å². The van der Waals surface area contributed by atoms with Gasteiger partial charge in [-0.05, 0) is 73.5 Å². The fourth-order valence-corrected chi connectivity index (χ4v) is 8.78. The van der Waals surface area contributed by atoms with Gasteiger partial charge in [-0.15, -0.1) is 10.2 Å². The summed E-state index contributed by atoms with van der Waals surface area (Å²) in [6.45, 7) is 0. The fourth-order valence-electron chi connectivity index (χ4n) is 8.78. The summed E-state index contributed by atoms with van der Waals surface area (Å²) in [5.41, 5.74) is 10.9. The van der Waals surface area contributed by atoms with E-state index in [2.05, 4.69) is 166 Å².